The van der Waals surface area contributed by atoms with Crippen LogP contribution in [0.2, 0.25) is 0 Å². The monoisotopic (exact) mass is 444 g/mol. The van der Waals surface area contributed by atoms with Crippen LogP contribution in [0.3, 0.4) is 0 Å². The molecular weight excluding hydrogens is 425 g/mol. The van der Waals surface area contributed by atoms with Gasteiger partial charge in [0.05, 0.1) is 17.3 Å². The van der Waals surface area contributed by atoms with Gasteiger partial charge in [-0.1, -0.05) is 12.1 Å². The molecule has 0 spiro atoms. The minimum atomic E-state index is -4.45. The lowest BCUT2D eigenvalue weighted by Crippen LogP contribution is -2.33. The number of anilines is 1. The van der Waals surface area contributed by atoms with Crippen LogP contribution >= 0.6 is 0 Å². The fraction of sp³-hybridized carbons (Fsp3) is 0.286. The van der Waals surface area contributed by atoms with E-state index in [0.29, 0.717) is 36.2 Å². The number of aromatic nitrogens is 4. The molecule has 11 heteroatoms. The molecule has 0 bridgehead atoms. The van der Waals surface area contributed by atoms with Crippen molar-refractivity contribution in [1.82, 2.24) is 24.6 Å². The molecule has 0 aliphatic carbocycles. The zero-order chi connectivity index (χ0) is 23.0. The molecule has 8 nitrogen and oxygen atoms in total. The lowest BCUT2D eigenvalue weighted by atomic mass is 9.98. The van der Waals surface area contributed by atoms with E-state index >= 15 is 0 Å². The first-order chi connectivity index (χ1) is 15.1. The third-order valence-electron chi connectivity index (χ3n) is 5.37. The van der Waals surface area contributed by atoms with Gasteiger partial charge in [0.15, 0.2) is 0 Å². The number of nitrogens with zero attached hydrogens (tertiary/aromatic N) is 5. The Morgan fingerprint density at radius 2 is 1.88 bits per heavy atom. The Morgan fingerprint density at radius 1 is 1.16 bits per heavy atom. The van der Waals surface area contributed by atoms with E-state index in [1.165, 1.54) is 37.5 Å². The average Bonchev–Trinajstić information content (AvgIpc) is 3.24. The fourth-order valence-corrected chi connectivity index (χ4v) is 3.78. The van der Waals surface area contributed by atoms with Gasteiger partial charge in [-0.3, -0.25) is 9.59 Å². The highest BCUT2D eigenvalue weighted by atomic mass is 19.4. The van der Waals surface area contributed by atoms with Gasteiger partial charge in [0, 0.05) is 31.4 Å². The number of carbonyl (C=O) groups is 1. The fourth-order valence-electron chi connectivity index (χ4n) is 3.78. The number of amides is 1. The molecule has 0 saturated carbocycles. The summed E-state index contributed by atoms with van der Waals surface area (Å²) in [6.07, 6.45) is -1.72. The number of nitrogens with two attached hydrogens (primary N) is 1. The molecule has 1 aromatic carbocycles. The van der Waals surface area contributed by atoms with Gasteiger partial charge in [-0.05, 0) is 36.6 Å². The predicted molar refractivity (Wildman–Crippen MR) is 109 cm³/mol. The molecule has 166 valence electrons. The van der Waals surface area contributed by atoms with E-state index in [1.54, 1.807) is 4.90 Å². The van der Waals surface area contributed by atoms with Gasteiger partial charge < -0.3 is 10.6 Å². The van der Waals surface area contributed by atoms with Crippen molar-refractivity contribution in [2.45, 2.75) is 25.1 Å². The Bertz CT molecular complexity index is 1220. The maximum atomic E-state index is 13.1. The number of alkyl halides is 3. The number of nitrogen functional groups attached to an aromatic ring is 1. The predicted octanol–water partition coefficient (Wildman–Crippen LogP) is 2.82. The van der Waals surface area contributed by atoms with Crippen molar-refractivity contribution in [1.29, 1.82) is 0 Å². The highest BCUT2D eigenvalue weighted by Crippen LogP contribution is 2.38. The van der Waals surface area contributed by atoms with Gasteiger partial charge in [0.2, 0.25) is 5.95 Å². The Hall–Kier alpha value is -3.76. The van der Waals surface area contributed by atoms with Crippen molar-refractivity contribution in [2.24, 2.45) is 7.05 Å². The van der Waals surface area contributed by atoms with Gasteiger partial charge in [0.1, 0.15) is 5.69 Å². The van der Waals surface area contributed by atoms with Crippen LogP contribution in [-0.4, -0.2) is 37.1 Å². The molecule has 1 saturated heterocycles. The molecule has 1 aliphatic rings. The molecule has 1 fully saturated rings. The quantitative estimate of drug-likeness (QED) is 0.666. The van der Waals surface area contributed by atoms with E-state index in [1.807, 2.05) is 0 Å². The summed E-state index contributed by atoms with van der Waals surface area (Å²) in [6, 6.07) is 6.83. The van der Waals surface area contributed by atoms with Crippen LogP contribution in [0.4, 0.5) is 19.1 Å². The minimum absolute atomic E-state index is 0.00445. The largest absolute Gasteiger partial charge is 0.416 e. The summed E-state index contributed by atoms with van der Waals surface area (Å²) in [5.74, 6) is -0.381. The van der Waals surface area contributed by atoms with Gasteiger partial charge in [-0.25, -0.2) is 14.6 Å². The summed E-state index contributed by atoms with van der Waals surface area (Å²) in [5, 5.41) is 4.03. The minimum Gasteiger partial charge on any atom is -0.368 e. The van der Waals surface area contributed by atoms with Crippen LogP contribution in [0.1, 0.15) is 40.6 Å². The number of aryl methyl sites for hydroxylation is 1. The molecule has 2 aromatic heterocycles. The number of hydrogen-bond donors (Lipinski definition) is 1. The zero-order valence-electron chi connectivity index (χ0n) is 17.0. The summed E-state index contributed by atoms with van der Waals surface area (Å²) in [4.78, 5) is 34.7. The summed E-state index contributed by atoms with van der Waals surface area (Å²) in [7, 11) is 1.45. The number of likely N-dealkylation sites (tertiary alicyclic amines) is 1. The van der Waals surface area contributed by atoms with Crippen LogP contribution in [0.5, 0.6) is 0 Å². The van der Waals surface area contributed by atoms with Crippen molar-refractivity contribution in [2.75, 3.05) is 12.3 Å². The Balaban J connectivity index is 1.72. The molecule has 0 unspecified atom stereocenters. The lowest BCUT2D eigenvalue weighted by Gasteiger charge is -2.26. The van der Waals surface area contributed by atoms with Gasteiger partial charge >= 0.3 is 6.18 Å². The number of halogens is 3. The van der Waals surface area contributed by atoms with Gasteiger partial charge in [0.25, 0.3) is 11.5 Å². The summed E-state index contributed by atoms with van der Waals surface area (Å²) < 4.78 is 39.9. The van der Waals surface area contributed by atoms with E-state index < -0.39 is 17.8 Å². The SMILES string of the molecule is Cn1nc(C(=O)N2CCC[C@@H]2c2nc(N)ncc2-c2ccc(C(F)(F)F)cc2)ccc1=O. The highest BCUT2D eigenvalue weighted by Gasteiger charge is 2.35. The van der Waals surface area contributed by atoms with E-state index in [-0.39, 0.29) is 23.1 Å². The van der Waals surface area contributed by atoms with Crippen molar-refractivity contribution in [3.63, 3.8) is 0 Å². The Morgan fingerprint density at radius 3 is 2.53 bits per heavy atom. The number of carbonyl (C=O) groups excluding carboxylic acids is 1. The number of hydrogen-bond acceptors (Lipinski definition) is 6. The van der Waals surface area contributed by atoms with Crippen molar-refractivity contribution in [3.05, 3.63) is 69.9 Å². The van der Waals surface area contributed by atoms with E-state index in [9.17, 15) is 22.8 Å². The third-order valence-corrected chi connectivity index (χ3v) is 5.37. The topological polar surface area (TPSA) is 107 Å². The Labute approximate surface area is 180 Å². The first kappa shape index (κ1) is 21.5. The second kappa shape index (κ2) is 8.06. The summed E-state index contributed by atoms with van der Waals surface area (Å²) >= 11 is 0. The van der Waals surface area contributed by atoms with Crippen LogP contribution in [0.15, 0.2) is 47.4 Å². The first-order valence-electron chi connectivity index (χ1n) is 9.80. The van der Waals surface area contributed by atoms with Crippen LogP contribution in [-0.2, 0) is 13.2 Å². The molecule has 0 radical (unpaired) electrons. The second-order valence-corrected chi connectivity index (χ2v) is 7.44. The van der Waals surface area contributed by atoms with Crippen molar-refractivity contribution in [3.8, 4) is 11.1 Å². The third kappa shape index (κ3) is 4.05. The maximum absolute atomic E-state index is 13.1. The molecule has 1 atom stereocenters. The normalized spacial score (nSPS) is 16.4. The van der Waals surface area contributed by atoms with Crippen LogP contribution in [0, 0.1) is 0 Å². The second-order valence-electron chi connectivity index (χ2n) is 7.44. The first-order valence-corrected chi connectivity index (χ1v) is 9.80. The van der Waals surface area contributed by atoms with Crippen LogP contribution in [0.25, 0.3) is 11.1 Å². The van der Waals surface area contributed by atoms with Crippen molar-refractivity contribution < 1.29 is 18.0 Å². The van der Waals surface area contributed by atoms with E-state index in [2.05, 4.69) is 15.1 Å². The van der Waals surface area contributed by atoms with E-state index in [0.717, 1.165) is 16.8 Å². The summed E-state index contributed by atoms with van der Waals surface area (Å²) in [5.41, 5.74) is 6.22. The molecule has 4 rings (SSSR count). The molecule has 3 heterocycles. The number of rotatable bonds is 3. The van der Waals surface area contributed by atoms with E-state index in [4.69, 9.17) is 5.73 Å². The molecule has 1 aliphatic heterocycles. The standard InChI is InChI=1S/C21H19F3N6O2/c1-29-17(31)9-8-15(28-29)19(32)30-10-2-3-16(30)18-14(11-26-20(25)27-18)12-4-6-13(7-5-12)21(22,23)24/h4-9,11,16H,2-3,10H2,1H3,(H2,25,26,27)/t16-/m1/s1. The molecule has 1 amide bonds. The lowest BCUT2D eigenvalue weighted by molar-refractivity contribution is -0.137. The zero-order valence-corrected chi connectivity index (χ0v) is 17.0. The smallest absolute Gasteiger partial charge is 0.368 e. The molecule has 32 heavy (non-hydrogen) atoms. The highest BCUT2D eigenvalue weighted by molar-refractivity contribution is 5.92. The van der Waals surface area contributed by atoms with Gasteiger partial charge in [-0.15, -0.1) is 0 Å². The molecule has 3 aromatic rings. The van der Waals surface area contributed by atoms with Crippen molar-refractivity contribution >= 4 is 11.9 Å². The summed E-state index contributed by atoms with van der Waals surface area (Å²) in [6.45, 7) is 0.435. The Kier molecular flexibility index (Phi) is 5.41. The van der Waals surface area contributed by atoms with Crippen LogP contribution < -0.4 is 11.3 Å². The molecular formula is C21H19F3N6O2. The number of benzene rings is 1. The maximum Gasteiger partial charge on any atom is 0.416 e. The van der Waals surface area contributed by atoms with Gasteiger partial charge in [-0.2, -0.15) is 18.3 Å². The average molecular weight is 444 g/mol. The molecule has 2 N–H and O–H groups in total.